The first kappa shape index (κ1) is 21.5. The Morgan fingerprint density at radius 3 is 2.44 bits per heavy atom. The average Bonchev–Trinajstić information content (AvgIpc) is 3.06. The SMILES string of the molecule is CC/C=C\CC(C)[C@@H]1CC[C@H]([C@H](O)c2ccccc2)N1C(=O)OC(C)(C)C. The third kappa shape index (κ3) is 5.83. The number of aliphatic hydroxyl groups is 1. The first-order chi connectivity index (χ1) is 12.7. The van der Waals surface area contributed by atoms with Crippen molar-refractivity contribution in [2.45, 2.75) is 84.1 Å². The molecule has 0 saturated carbocycles. The Kier molecular flexibility index (Phi) is 7.49. The molecule has 27 heavy (non-hydrogen) atoms. The Bertz CT molecular complexity index is 620. The first-order valence-electron chi connectivity index (χ1n) is 10.1. The number of ether oxygens (including phenoxy) is 1. The van der Waals surface area contributed by atoms with Crippen molar-refractivity contribution in [3.05, 3.63) is 48.0 Å². The number of likely N-dealkylation sites (tertiary alicyclic amines) is 1. The summed E-state index contributed by atoms with van der Waals surface area (Å²) in [7, 11) is 0. The van der Waals surface area contributed by atoms with Crippen LogP contribution < -0.4 is 0 Å². The van der Waals surface area contributed by atoms with Crippen molar-refractivity contribution in [1.82, 2.24) is 4.90 Å². The van der Waals surface area contributed by atoms with Crippen LogP contribution >= 0.6 is 0 Å². The highest BCUT2D eigenvalue weighted by Gasteiger charge is 2.44. The van der Waals surface area contributed by atoms with Gasteiger partial charge in [-0.05, 0) is 57.9 Å². The lowest BCUT2D eigenvalue weighted by Gasteiger charge is -2.36. The predicted octanol–water partition coefficient (Wildman–Crippen LogP) is 5.48. The molecule has 1 aromatic carbocycles. The van der Waals surface area contributed by atoms with E-state index in [9.17, 15) is 9.90 Å². The van der Waals surface area contributed by atoms with Crippen LogP contribution in [0.5, 0.6) is 0 Å². The molecule has 0 bridgehead atoms. The molecule has 1 N–H and O–H groups in total. The number of allylic oxidation sites excluding steroid dienone is 2. The second-order valence-electron chi connectivity index (χ2n) is 8.55. The van der Waals surface area contributed by atoms with E-state index in [4.69, 9.17) is 4.74 Å². The summed E-state index contributed by atoms with van der Waals surface area (Å²) in [5, 5.41) is 11.0. The summed E-state index contributed by atoms with van der Waals surface area (Å²) in [4.78, 5) is 14.8. The van der Waals surface area contributed by atoms with Crippen LogP contribution in [0.1, 0.15) is 72.0 Å². The molecule has 1 aliphatic rings. The van der Waals surface area contributed by atoms with Crippen LogP contribution in [0.15, 0.2) is 42.5 Å². The van der Waals surface area contributed by atoms with Gasteiger partial charge in [-0.25, -0.2) is 4.79 Å². The number of nitrogens with zero attached hydrogens (tertiary/aromatic N) is 1. The molecule has 4 nitrogen and oxygen atoms in total. The molecule has 1 aliphatic heterocycles. The predicted molar refractivity (Wildman–Crippen MR) is 109 cm³/mol. The number of carbonyl (C=O) groups is 1. The van der Waals surface area contributed by atoms with Crippen LogP contribution in [0.25, 0.3) is 0 Å². The van der Waals surface area contributed by atoms with Crippen LogP contribution in [0, 0.1) is 5.92 Å². The maximum Gasteiger partial charge on any atom is 0.410 e. The highest BCUT2D eigenvalue weighted by Crippen LogP contribution is 2.38. The maximum atomic E-state index is 13.0. The number of hydrogen-bond donors (Lipinski definition) is 1. The molecular formula is C23H35NO3. The van der Waals surface area contributed by atoms with Crippen LogP contribution in [0.3, 0.4) is 0 Å². The summed E-state index contributed by atoms with van der Waals surface area (Å²) in [6, 6.07) is 9.41. The van der Waals surface area contributed by atoms with Crippen LogP contribution in [0.4, 0.5) is 4.79 Å². The average molecular weight is 374 g/mol. The summed E-state index contributed by atoms with van der Waals surface area (Å²) in [6.07, 6.45) is 6.93. The van der Waals surface area contributed by atoms with Gasteiger partial charge in [-0.2, -0.15) is 0 Å². The zero-order chi connectivity index (χ0) is 20.0. The molecule has 0 radical (unpaired) electrons. The van der Waals surface area contributed by atoms with Crippen LogP contribution in [0.2, 0.25) is 0 Å². The Morgan fingerprint density at radius 2 is 1.85 bits per heavy atom. The van der Waals surface area contributed by atoms with Crippen molar-refractivity contribution in [2.75, 3.05) is 0 Å². The van der Waals surface area contributed by atoms with Crippen molar-refractivity contribution in [1.29, 1.82) is 0 Å². The van der Waals surface area contributed by atoms with Gasteiger partial charge < -0.3 is 9.84 Å². The van der Waals surface area contributed by atoms with E-state index in [2.05, 4.69) is 26.0 Å². The number of amides is 1. The van der Waals surface area contributed by atoms with Gasteiger partial charge in [0, 0.05) is 6.04 Å². The largest absolute Gasteiger partial charge is 0.444 e. The van der Waals surface area contributed by atoms with E-state index in [-0.39, 0.29) is 18.2 Å². The Labute approximate surface area is 164 Å². The summed E-state index contributed by atoms with van der Waals surface area (Å²) >= 11 is 0. The third-order valence-electron chi connectivity index (χ3n) is 5.15. The zero-order valence-electron chi connectivity index (χ0n) is 17.4. The van der Waals surface area contributed by atoms with Crippen molar-refractivity contribution < 1.29 is 14.6 Å². The zero-order valence-corrected chi connectivity index (χ0v) is 17.4. The fourth-order valence-electron chi connectivity index (χ4n) is 3.83. The minimum atomic E-state index is -0.706. The van der Waals surface area contributed by atoms with Gasteiger partial charge in [-0.1, -0.05) is 56.3 Å². The van der Waals surface area contributed by atoms with Gasteiger partial charge in [0.2, 0.25) is 0 Å². The maximum absolute atomic E-state index is 13.0. The second kappa shape index (κ2) is 9.41. The molecule has 1 fully saturated rings. The highest BCUT2D eigenvalue weighted by atomic mass is 16.6. The van der Waals surface area contributed by atoms with Crippen LogP contribution in [-0.4, -0.2) is 33.8 Å². The molecule has 2 rings (SSSR count). The molecule has 0 aromatic heterocycles. The third-order valence-corrected chi connectivity index (χ3v) is 5.15. The lowest BCUT2D eigenvalue weighted by molar-refractivity contribution is -0.00980. The monoisotopic (exact) mass is 373 g/mol. The van der Waals surface area contributed by atoms with E-state index >= 15 is 0 Å². The normalized spacial score (nSPS) is 22.8. The molecule has 4 atom stereocenters. The number of benzene rings is 1. The fourth-order valence-corrected chi connectivity index (χ4v) is 3.83. The van der Waals surface area contributed by atoms with Gasteiger partial charge in [0.1, 0.15) is 5.60 Å². The number of carbonyl (C=O) groups excluding carboxylic acids is 1. The topological polar surface area (TPSA) is 49.8 Å². The minimum absolute atomic E-state index is 0.0738. The second-order valence-corrected chi connectivity index (χ2v) is 8.55. The Balaban J connectivity index is 2.24. The van der Waals surface area contributed by atoms with Crippen molar-refractivity contribution in [3.63, 3.8) is 0 Å². The van der Waals surface area contributed by atoms with E-state index < -0.39 is 11.7 Å². The number of aliphatic hydroxyl groups excluding tert-OH is 1. The smallest absolute Gasteiger partial charge is 0.410 e. The van der Waals surface area contributed by atoms with Crippen molar-refractivity contribution >= 4 is 6.09 Å². The molecule has 0 spiro atoms. The van der Waals surface area contributed by atoms with Gasteiger partial charge >= 0.3 is 6.09 Å². The molecule has 1 saturated heterocycles. The number of hydrogen-bond acceptors (Lipinski definition) is 3. The highest BCUT2D eigenvalue weighted by molar-refractivity contribution is 5.69. The van der Waals surface area contributed by atoms with Gasteiger partial charge in [-0.3, -0.25) is 4.90 Å². The Hall–Kier alpha value is -1.81. The van der Waals surface area contributed by atoms with E-state index in [1.165, 1.54) is 0 Å². The molecular weight excluding hydrogens is 338 g/mol. The summed E-state index contributed by atoms with van der Waals surface area (Å²) in [5.74, 6) is 0.313. The molecule has 1 aromatic rings. The molecule has 1 heterocycles. The summed E-state index contributed by atoms with van der Waals surface area (Å²) < 4.78 is 5.70. The van der Waals surface area contributed by atoms with Gasteiger partial charge in [0.05, 0.1) is 12.1 Å². The summed E-state index contributed by atoms with van der Waals surface area (Å²) in [6.45, 7) is 9.94. The van der Waals surface area contributed by atoms with Gasteiger partial charge in [0.15, 0.2) is 0 Å². The lowest BCUT2D eigenvalue weighted by atomic mass is 9.96. The molecule has 1 unspecified atom stereocenters. The minimum Gasteiger partial charge on any atom is -0.444 e. The Morgan fingerprint density at radius 1 is 1.22 bits per heavy atom. The molecule has 4 heteroatoms. The number of rotatable bonds is 6. The van der Waals surface area contributed by atoms with E-state index in [1.54, 1.807) is 0 Å². The summed E-state index contributed by atoms with van der Waals surface area (Å²) in [5.41, 5.74) is 0.285. The van der Waals surface area contributed by atoms with Crippen molar-refractivity contribution in [2.24, 2.45) is 5.92 Å². The van der Waals surface area contributed by atoms with Crippen molar-refractivity contribution in [3.8, 4) is 0 Å². The van der Waals surface area contributed by atoms with Gasteiger partial charge in [-0.15, -0.1) is 0 Å². The van der Waals surface area contributed by atoms with Crippen LogP contribution in [-0.2, 0) is 4.74 Å². The lowest BCUT2D eigenvalue weighted by Crippen LogP contribution is -2.48. The standard InChI is InChI=1S/C23H35NO3/c1-6-7-9-12-17(2)19-15-16-20(21(25)18-13-10-8-11-14-18)24(19)22(26)27-23(3,4)5/h7-11,13-14,17,19-21,25H,6,12,15-16H2,1-5H3/b9-7-/t17?,19-,20+,21+/m0/s1. The van der Waals surface area contributed by atoms with E-state index in [1.807, 2.05) is 56.0 Å². The quantitative estimate of drug-likeness (QED) is 0.672. The molecule has 1 amide bonds. The first-order valence-corrected chi connectivity index (χ1v) is 10.1. The van der Waals surface area contributed by atoms with E-state index in [0.717, 1.165) is 31.2 Å². The molecule has 0 aliphatic carbocycles. The van der Waals surface area contributed by atoms with Gasteiger partial charge in [0.25, 0.3) is 0 Å². The van der Waals surface area contributed by atoms with E-state index in [0.29, 0.717) is 5.92 Å². The molecule has 150 valence electrons. The fraction of sp³-hybridized carbons (Fsp3) is 0.609.